The first kappa shape index (κ1) is 4.48. The predicted molar refractivity (Wildman–Crippen MR) is 19.6 cm³/mol. The van der Waals surface area contributed by atoms with Gasteiger partial charge in [0.15, 0.2) is 0 Å². The van der Waals surface area contributed by atoms with E-state index >= 15 is 0 Å². The fraction of sp³-hybridized carbons (Fsp3) is 1.00. The molecule has 0 aliphatic heterocycles. The zero-order valence-corrected chi connectivity index (χ0v) is 4.11. The molecule has 0 unspecified atom stereocenters. The van der Waals surface area contributed by atoms with E-state index in [1.54, 1.807) is 0 Å². The maximum atomic E-state index is 5.00. The minimum absolute atomic E-state index is 0.764. The van der Waals surface area contributed by atoms with Crippen LogP contribution in [0.15, 0.2) is 0 Å². The molecule has 2 heteroatoms. The van der Waals surface area contributed by atoms with Crippen LogP contribution in [0.25, 0.3) is 0 Å². The molecule has 0 amide bonds. The Morgan fingerprint density at radius 3 is 2.00 bits per heavy atom. The summed E-state index contributed by atoms with van der Waals surface area (Å²) in [5.74, 6) is 0. The molecule has 0 rings (SSSR count). The van der Waals surface area contributed by atoms with E-state index in [1.165, 1.54) is 0 Å². The zero-order valence-electron chi connectivity index (χ0n) is 2.40. The van der Waals surface area contributed by atoms with E-state index in [-0.39, 0.29) is 0 Å². The Bertz CT molecular complexity index is 8.00. The van der Waals surface area contributed by atoms with Gasteiger partial charge in [-0.3, -0.25) is 0 Å². The van der Waals surface area contributed by atoms with Crippen LogP contribution < -0.4 is 5.73 Å². The molecule has 0 aromatic heterocycles. The van der Waals surface area contributed by atoms with Crippen molar-refractivity contribution in [3.8, 4) is 0 Å². The average Bonchev–Trinajstić information content (AvgIpc) is 1.37. The van der Waals surface area contributed by atoms with Crippen LogP contribution in [-0.2, 0) is 0 Å². The first-order chi connectivity index (χ1) is 1.91. The van der Waals surface area contributed by atoms with Crippen LogP contribution in [0.5, 0.6) is 0 Å². The van der Waals surface area contributed by atoms with E-state index in [1.807, 2.05) is 0 Å². The summed E-state index contributed by atoms with van der Waals surface area (Å²) in [4.78, 5) is 0. The van der Waals surface area contributed by atoms with Gasteiger partial charge in [-0.15, -0.1) is 0 Å². The van der Waals surface area contributed by atoms with Crippen molar-refractivity contribution in [1.82, 2.24) is 0 Å². The van der Waals surface area contributed by atoms with Crippen LogP contribution in [0.2, 0.25) is 5.32 Å². The topological polar surface area (TPSA) is 26.0 Å². The molecule has 4 heavy (non-hydrogen) atoms. The summed E-state index contributed by atoms with van der Waals surface area (Å²) < 4.78 is 0. The fourth-order valence-electron chi connectivity index (χ4n) is 0. The van der Waals surface area contributed by atoms with Gasteiger partial charge in [-0.1, -0.05) is 0 Å². The summed E-state index contributed by atoms with van der Waals surface area (Å²) in [6, 6.07) is 0. The second kappa shape index (κ2) is 3.48. The summed E-state index contributed by atoms with van der Waals surface area (Å²) in [6.07, 6.45) is 0. The Morgan fingerprint density at radius 2 is 2.00 bits per heavy atom. The van der Waals surface area contributed by atoms with Gasteiger partial charge < -0.3 is 0 Å². The Balaban J connectivity index is 1.97. The van der Waals surface area contributed by atoms with Gasteiger partial charge in [0.2, 0.25) is 0 Å². The van der Waals surface area contributed by atoms with Crippen molar-refractivity contribution in [3.63, 3.8) is 0 Å². The summed E-state index contributed by atoms with van der Waals surface area (Å²) in [5, 5.41) is 0.972. The van der Waals surface area contributed by atoms with Gasteiger partial charge in [0, 0.05) is 0 Å². The molecule has 0 saturated carbocycles. The first-order valence-corrected chi connectivity index (χ1v) is 2.41. The van der Waals surface area contributed by atoms with Crippen molar-refractivity contribution in [2.75, 3.05) is 6.54 Å². The van der Waals surface area contributed by atoms with Crippen molar-refractivity contribution >= 4 is 16.0 Å². The second-order valence-corrected chi connectivity index (χ2v) is 1.35. The number of rotatable bonds is 1. The number of hydrogen-bond acceptors (Lipinski definition) is 1. The minimum atomic E-state index is 0.764. The standard InChI is InChI=1S/C2H6NSe/c3-1-2-4/h1-3H2. The van der Waals surface area contributed by atoms with E-state index < -0.39 is 0 Å². The van der Waals surface area contributed by atoms with Gasteiger partial charge in [0.05, 0.1) is 0 Å². The summed E-state index contributed by atoms with van der Waals surface area (Å²) in [7, 11) is 0. The predicted octanol–water partition coefficient (Wildman–Crippen LogP) is -0.468. The van der Waals surface area contributed by atoms with E-state index in [4.69, 9.17) is 5.73 Å². The second-order valence-electron chi connectivity index (χ2n) is 0.493. The Labute approximate surface area is 34.4 Å². The molecular weight excluding hydrogens is 117 g/mol. The van der Waals surface area contributed by atoms with Gasteiger partial charge in [-0.2, -0.15) is 0 Å². The van der Waals surface area contributed by atoms with Gasteiger partial charge in [-0.25, -0.2) is 0 Å². The Morgan fingerprint density at radius 1 is 1.75 bits per heavy atom. The van der Waals surface area contributed by atoms with E-state index in [9.17, 15) is 0 Å². The van der Waals surface area contributed by atoms with Gasteiger partial charge in [0.1, 0.15) is 0 Å². The summed E-state index contributed by atoms with van der Waals surface area (Å²) in [5.41, 5.74) is 5.00. The SMILES string of the molecule is NCC[Se]. The number of hydrogen-bond donors (Lipinski definition) is 1. The van der Waals surface area contributed by atoms with Crippen molar-refractivity contribution in [2.45, 2.75) is 5.32 Å². The van der Waals surface area contributed by atoms with Gasteiger partial charge in [0.25, 0.3) is 0 Å². The van der Waals surface area contributed by atoms with Crippen LogP contribution in [0.4, 0.5) is 0 Å². The van der Waals surface area contributed by atoms with Crippen LogP contribution in [0, 0.1) is 0 Å². The van der Waals surface area contributed by atoms with Crippen LogP contribution in [0.1, 0.15) is 0 Å². The normalized spacial score (nSPS) is 7.50. The molecule has 0 spiro atoms. The first-order valence-electron chi connectivity index (χ1n) is 1.20. The molecule has 0 saturated heterocycles. The van der Waals surface area contributed by atoms with Crippen molar-refractivity contribution in [2.24, 2.45) is 5.73 Å². The molecule has 0 fully saturated rings. The third kappa shape index (κ3) is 2.48. The Hall–Kier alpha value is 0.479. The third-order valence-corrected chi connectivity index (χ3v) is 0.612. The van der Waals surface area contributed by atoms with E-state index in [0.717, 1.165) is 11.9 Å². The van der Waals surface area contributed by atoms with Gasteiger partial charge in [-0.05, 0) is 0 Å². The Kier molecular flexibility index (Phi) is 3.90. The molecule has 1 nitrogen and oxygen atoms in total. The van der Waals surface area contributed by atoms with E-state index in [2.05, 4.69) is 16.0 Å². The maximum absolute atomic E-state index is 5.00. The zero-order chi connectivity index (χ0) is 3.41. The summed E-state index contributed by atoms with van der Waals surface area (Å²) in [6.45, 7) is 0.764. The number of nitrogens with two attached hydrogens (primary N) is 1. The average molecular weight is 123 g/mol. The van der Waals surface area contributed by atoms with Crippen molar-refractivity contribution in [3.05, 3.63) is 0 Å². The van der Waals surface area contributed by atoms with Crippen molar-refractivity contribution < 1.29 is 0 Å². The van der Waals surface area contributed by atoms with Crippen LogP contribution in [0.3, 0.4) is 0 Å². The fourth-order valence-corrected chi connectivity index (χ4v) is 0. The molecule has 25 valence electrons. The third-order valence-electron chi connectivity index (χ3n) is 0.118. The van der Waals surface area contributed by atoms with Crippen LogP contribution in [-0.4, -0.2) is 22.6 Å². The van der Waals surface area contributed by atoms with Crippen LogP contribution >= 0.6 is 0 Å². The summed E-state index contributed by atoms with van der Waals surface area (Å²) >= 11 is 2.77. The molecule has 1 radical (unpaired) electrons. The van der Waals surface area contributed by atoms with Crippen molar-refractivity contribution in [1.29, 1.82) is 0 Å². The molecule has 2 N–H and O–H groups in total. The molecule has 0 aliphatic rings. The van der Waals surface area contributed by atoms with Gasteiger partial charge >= 0.3 is 33.6 Å². The molecule has 0 atom stereocenters. The molecule has 0 bridgehead atoms. The molecular formula is C2H6NSe. The molecule has 0 aromatic carbocycles. The molecule has 0 aromatic rings. The molecule has 0 heterocycles. The van der Waals surface area contributed by atoms with E-state index in [0.29, 0.717) is 0 Å². The monoisotopic (exact) mass is 124 g/mol. The quantitative estimate of drug-likeness (QED) is 0.469. The molecule has 0 aliphatic carbocycles.